The zero-order valence-electron chi connectivity index (χ0n) is 6.92. The molecule has 0 unspecified atom stereocenters. The van der Waals surface area contributed by atoms with Gasteiger partial charge in [-0.05, 0) is 12.5 Å². The summed E-state index contributed by atoms with van der Waals surface area (Å²) in [5.74, 6) is 0. The summed E-state index contributed by atoms with van der Waals surface area (Å²) in [6.07, 6.45) is 0. The van der Waals surface area contributed by atoms with Crippen LogP contribution in [0.4, 0.5) is 0 Å². The normalized spacial score (nSPS) is 8.82. The molecule has 0 saturated heterocycles. The van der Waals surface area contributed by atoms with Crippen LogP contribution < -0.4 is 0 Å². The van der Waals surface area contributed by atoms with E-state index in [9.17, 15) is 0 Å². The Labute approximate surface area is 86.9 Å². The van der Waals surface area contributed by atoms with Crippen LogP contribution in [0.25, 0.3) is 0 Å². The van der Waals surface area contributed by atoms with Crippen molar-refractivity contribution < 1.29 is 4.74 Å². The Bertz CT molecular complexity index is 174. The first-order valence-electron chi connectivity index (χ1n) is 3.55. The average molecular weight is 348 g/mol. The van der Waals surface area contributed by atoms with Crippen molar-refractivity contribution in [2.45, 2.75) is 13.5 Å². The Hall–Kier alpha value is 0.0631. The van der Waals surface area contributed by atoms with Gasteiger partial charge in [0.1, 0.15) is 0 Å². The number of hydrogen-bond acceptors (Lipinski definition) is 1. The van der Waals surface area contributed by atoms with Crippen molar-refractivity contribution in [2.24, 2.45) is 0 Å². The first-order valence-corrected chi connectivity index (χ1v) is 3.55. The summed E-state index contributed by atoms with van der Waals surface area (Å²) in [4.78, 5) is 0. The van der Waals surface area contributed by atoms with Crippen molar-refractivity contribution in [3.05, 3.63) is 35.9 Å². The molecule has 11 heavy (non-hydrogen) atoms. The Morgan fingerprint density at radius 3 is 2.36 bits per heavy atom. The zero-order chi connectivity index (χ0) is 7.23. The third kappa shape index (κ3) is 4.50. The molecular formula is C9H15BiO. The third-order valence-corrected chi connectivity index (χ3v) is 1.32. The maximum absolute atomic E-state index is 5.22. The van der Waals surface area contributed by atoms with E-state index in [0.717, 1.165) is 13.2 Å². The third-order valence-electron chi connectivity index (χ3n) is 1.32. The molecule has 0 N–H and O–H groups in total. The van der Waals surface area contributed by atoms with Gasteiger partial charge in [-0.15, -0.1) is 0 Å². The predicted molar refractivity (Wildman–Crippen MR) is 51.7 cm³/mol. The van der Waals surface area contributed by atoms with E-state index in [1.807, 2.05) is 25.1 Å². The Kier molecular flexibility index (Phi) is 6.79. The first kappa shape index (κ1) is 11.1. The number of rotatable bonds is 3. The summed E-state index contributed by atoms with van der Waals surface area (Å²) in [7, 11) is 0. The van der Waals surface area contributed by atoms with Crippen LogP contribution in [0.2, 0.25) is 0 Å². The van der Waals surface area contributed by atoms with E-state index in [0.29, 0.717) is 0 Å². The molecule has 0 bridgehead atoms. The standard InChI is InChI=1S/C9H12O.Bi.3H/c1-2-10-8-9-6-4-3-5-7-9;;;;/h3-7H,2,8H2,1H3;;;;. The number of benzene rings is 1. The molecule has 2 heteroatoms. The van der Waals surface area contributed by atoms with Crippen molar-refractivity contribution in [1.82, 2.24) is 0 Å². The molecule has 0 fully saturated rings. The van der Waals surface area contributed by atoms with Gasteiger partial charge in [-0.3, -0.25) is 0 Å². The van der Waals surface area contributed by atoms with E-state index >= 15 is 0 Å². The van der Waals surface area contributed by atoms with Crippen molar-refractivity contribution in [3.8, 4) is 0 Å². The van der Waals surface area contributed by atoms with Crippen LogP contribution in [0.3, 0.4) is 0 Å². The van der Waals surface area contributed by atoms with Crippen LogP contribution >= 0.6 is 0 Å². The van der Waals surface area contributed by atoms with Crippen LogP contribution in [-0.4, -0.2) is 32.8 Å². The molecule has 1 rings (SSSR count). The summed E-state index contributed by atoms with van der Waals surface area (Å²) in [5.41, 5.74) is 1.24. The van der Waals surface area contributed by atoms with E-state index in [4.69, 9.17) is 4.74 Å². The monoisotopic (exact) mass is 348 g/mol. The summed E-state index contributed by atoms with van der Waals surface area (Å²) >= 11 is 0. The molecule has 1 aromatic rings. The van der Waals surface area contributed by atoms with Gasteiger partial charge in [-0.1, -0.05) is 30.3 Å². The Balaban J connectivity index is 0.000001000. The number of hydrogen-bond donors (Lipinski definition) is 0. The van der Waals surface area contributed by atoms with Crippen LogP contribution in [-0.2, 0) is 11.3 Å². The van der Waals surface area contributed by atoms with Crippen LogP contribution in [0.15, 0.2) is 30.3 Å². The van der Waals surface area contributed by atoms with Crippen LogP contribution in [0.5, 0.6) is 0 Å². The molecule has 0 saturated carbocycles. The number of ether oxygens (including phenoxy) is 1. The van der Waals surface area contributed by atoms with E-state index in [2.05, 4.69) is 12.1 Å². The van der Waals surface area contributed by atoms with Crippen molar-refractivity contribution in [3.63, 3.8) is 0 Å². The van der Waals surface area contributed by atoms with Crippen LogP contribution in [0.1, 0.15) is 12.5 Å². The molecule has 62 valence electrons. The van der Waals surface area contributed by atoms with E-state index in [1.54, 1.807) is 0 Å². The van der Waals surface area contributed by atoms with Gasteiger partial charge in [-0.2, -0.15) is 0 Å². The molecule has 0 heterocycles. The van der Waals surface area contributed by atoms with E-state index in [-0.39, 0.29) is 26.2 Å². The molecule has 0 atom stereocenters. The molecule has 0 aliphatic heterocycles. The summed E-state index contributed by atoms with van der Waals surface area (Å²) in [6.45, 7) is 3.52. The van der Waals surface area contributed by atoms with Gasteiger partial charge in [0.05, 0.1) is 6.61 Å². The fourth-order valence-corrected chi connectivity index (χ4v) is 0.794. The summed E-state index contributed by atoms with van der Waals surface area (Å²) < 4.78 is 5.22. The topological polar surface area (TPSA) is 9.23 Å². The molecule has 1 aromatic carbocycles. The van der Waals surface area contributed by atoms with Crippen LogP contribution in [0, 0.1) is 0 Å². The Morgan fingerprint density at radius 2 is 1.82 bits per heavy atom. The second-order valence-corrected chi connectivity index (χ2v) is 2.12. The minimum atomic E-state index is 0. The Morgan fingerprint density at radius 1 is 1.18 bits per heavy atom. The average Bonchev–Trinajstić information content (AvgIpc) is 2.03. The maximum atomic E-state index is 5.22. The summed E-state index contributed by atoms with van der Waals surface area (Å²) in [6, 6.07) is 10.2. The molecule has 1 nitrogen and oxygen atoms in total. The molecule has 0 spiro atoms. The fraction of sp³-hybridized carbons (Fsp3) is 0.333. The van der Waals surface area contributed by atoms with Gasteiger partial charge in [0.25, 0.3) is 0 Å². The molecule has 0 aliphatic rings. The molecule has 0 amide bonds. The van der Waals surface area contributed by atoms with E-state index in [1.165, 1.54) is 5.56 Å². The second-order valence-electron chi connectivity index (χ2n) is 2.12. The van der Waals surface area contributed by atoms with Gasteiger partial charge < -0.3 is 4.74 Å². The molecule has 0 aromatic heterocycles. The first-order chi connectivity index (χ1) is 4.93. The van der Waals surface area contributed by atoms with Gasteiger partial charge in [0, 0.05) is 6.61 Å². The molecule has 0 aliphatic carbocycles. The van der Waals surface area contributed by atoms with Crippen molar-refractivity contribution >= 4 is 26.2 Å². The van der Waals surface area contributed by atoms with E-state index < -0.39 is 0 Å². The predicted octanol–water partition coefficient (Wildman–Crippen LogP) is 1.04. The fourth-order valence-electron chi connectivity index (χ4n) is 0.794. The van der Waals surface area contributed by atoms with Gasteiger partial charge >= 0.3 is 26.2 Å². The minimum absolute atomic E-state index is 0. The zero-order valence-corrected chi connectivity index (χ0v) is 12.4. The quantitative estimate of drug-likeness (QED) is 0.742. The summed E-state index contributed by atoms with van der Waals surface area (Å²) in [5, 5.41) is 0. The van der Waals surface area contributed by atoms with Gasteiger partial charge in [-0.25, -0.2) is 0 Å². The second kappa shape index (κ2) is 6.75. The van der Waals surface area contributed by atoms with Gasteiger partial charge in [0.15, 0.2) is 0 Å². The van der Waals surface area contributed by atoms with Gasteiger partial charge in [0.2, 0.25) is 0 Å². The SMILES string of the molecule is CCOCc1ccccc1.[BiH3]. The van der Waals surface area contributed by atoms with Crippen molar-refractivity contribution in [1.29, 1.82) is 0 Å². The molecular weight excluding hydrogens is 333 g/mol. The molecule has 0 radical (unpaired) electrons. The van der Waals surface area contributed by atoms with Crippen molar-refractivity contribution in [2.75, 3.05) is 6.61 Å².